The number of para-hydroxylation sites is 2. The second-order valence-corrected chi connectivity index (χ2v) is 6.29. The Balaban J connectivity index is 2.17. The molecule has 1 N–H and O–H groups in total. The van der Waals surface area contributed by atoms with Gasteiger partial charge < -0.3 is 19.5 Å². The molecule has 0 heterocycles. The number of nitriles is 1. The Morgan fingerprint density at radius 1 is 1.07 bits per heavy atom. The molecule has 0 spiro atoms. The molecule has 0 saturated heterocycles. The van der Waals surface area contributed by atoms with Crippen LogP contribution in [0.1, 0.15) is 31.7 Å². The van der Waals surface area contributed by atoms with Gasteiger partial charge in [-0.05, 0) is 42.3 Å². The van der Waals surface area contributed by atoms with E-state index in [1.54, 1.807) is 49.6 Å². The molecule has 0 aliphatic rings. The Morgan fingerprint density at radius 3 is 2.52 bits per heavy atom. The van der Waals surface area contributed by atoms with Crippen molar-refractivity contribution in [1.82, 2.24) is 0 Å². The number of amides is 1. The van der Waals surface area contributed by atoms with Crippen LogP contribution in [0.5, 0.6) is 17.2 Å². The molecule has 0 aromatic heterocycles. The minimum Gasteiger partial charge on any atom is -0.495 e. The fourth-order valence-electron chi connectivity index (χ4n) is 2.68. The van der Waals surface area contributed by atoms with Crippen LogP contribution in [0.25, 0.3) is 6.08 Å². The zero-order valence-corrected chi connectivity index (χ0v) is 17.0. The lowest BCUT2D eigenvalue weighted by Gasteiger charge is -2.11. The maximum absolute atomic E-state index is 12.5. The second-order valence-electron chi connectivity index (χ2n) is 6.29. The molecule has 0 radical (unpaired) electrons. The number of hydrogen-bond acceptors (Lipinski definition) is 5. The summed E-state index contributed by atoms with van der Waals surface area (Å²) in [5.74, 6) is 1.19. The zero-order chi connectivity index (χ0) is 21.1. The molecular weight excluding hydrogens is 368 g/mol. The van der Waals surface area contributed by atoms with E-state index >= 15 is 0 Å². The van der Waals surface area contributed by atoms with E-state index in [1.165, 1.54) is 13.2 Å². The summed E-state index contributed by atoms with van der Waals surface area (Å²) in [6.07, 6.45) is 4.71. The Kier molecular flexibility index (Phi) is 8.58. The molecule has 1 amide bonds. The molecule has 0 bridgehead atoms. The number of methoxy groups -OCH3 is 2. The summed E-state index contributed by atoms with van der Waals surface area (Å²) in [5.41, 5.74) is 1.12. The summed E-state index contributed by atoms with van der Waals surface area (Å²) in [6.45, 7) is 2.75. The van der Waals surface area contributed by atoms with Gasteiger partial charge >= 0.3 is 0 Å². The smallest absolute Gasteiger partial charge is 0.266 e. The number of hydrogen-bond donors (Lipinski definition) is 1. The van der Waals surface area contributed by atoms with Gasteiger partial charge in [0.05, 0.1) is 26.5 Å². The number of nitrogens with zero attached hydrogens (tertiary/aromatic N) is 1. The summed E-state index contributed by atoms with van der Waals surface area (Å²) in [4.78, 5) is 12.5. The average Bonchev–Trinajstić information content (AvgIpc) is 2.75. The number of unbranched alkanes of at least 4 members (excludes halogenated alkanes) is 2. The Bertz CT molecular complexity index is 900. The number of benzene rings is 2. The normalized spacial score (nSPS) is 10.8. The first-order valence-electron chi connectivity index (χ1n) is 9.50. The fraction of sp³-hybridized carbons (Fsp3) is 0.304. The van der Waals surface area contributed by atoms with Gasteiger partial charge in [0.25, 0.3) is 5.91 Å². The zero-order valence-electron chi connectivity index (χ0n) is 17.0. The van der Waals surface area contributed by atoms with Gasteiger partial charge in [-0.15, -0.1) is 0 Å². The topological polar surface area (TPSA) is 80.6 Å². The van der Waals surface area contributed by atoms with Gasteiger partial charge in [0.2, 0.25) is 0 Å². The van der Waals surface area contributed by atoms with E-state index < -0.39 is 5.91 Å². The van der Waals surface area contributed by atoms with Crippen LogP contribution in [-0.2, 0) is 4.79 Å². The van der Waals surface area contributed by atoms with Gasteiger partial charge in [-0.25, -0.2) is 0 Å². The van der Waals surface area contributed by atoms with Crippen LogP contribution in [0, 0.1) is 11.3 Å². The van der Waals surface area contributed by atoms with Crippen molar-refractivity contribution in [1.29, 1.82) is 5.26 Å². The van der Waals surface area contributed by atoms with Crippen LogP contribution in [0.4, 0.5) is 5.69 Å². The third-order valence-corrected chi connectivity index (χ3v) is 4.22. The predicted octanol–water partition coefficient (Wildman–Crippen LogP) is 4.82. The lowest BCUT2D eigenvalue weighted by molar-refractivity contribution is -0.112. The van der Waals surface area contributed by atoms with Crippen molar-refractivity contribution in [3.05, 3.63) is 53.6 Å². The lowest BCUT2D eigenvalue weighted by atomic mass is 10.1. The standard InChI is InChI=1S/C23H26N2O4/c1-4-5-8-13-29-21-12-11-17(15-22(21)28-3)14-18(16-24)23(26)25-19-9-6-7-10-20(19)27-2/h6-7,9-12,14-15H,4-5,8,13H2,1-3H3,(H,25,26)/b18-14-. The van der Waals surface area contributed by atoms with E-state index in [9.17, 15) is 10.1 Å². The summed E-state index contributed by atoms with van der Waals surface area (Å²) in [7, 11) is 3.07. The van der Waals surface area contributed by atoms with Gasteiger partial charge in [-0.2, -0.15) is 5.26 Å². The molecular formula is C23H26N2O4. The van der Waals surface area contributed by atoms with E-state index in [-0.39, 0.29) is 5.57 Å². The molecule has 0 saturated carbocycles. The monoisotopic (exact) mass is 394 g/mol. The highest BCUT2D eigenvalue weighted by molar-refractivity contribution is 6.10. The van der Waals surface area contributed by atoms with Crippen molar-refractivity contribution in [2.75, 3.05) is 26.1 Å². The van der Waals surface area contributed by atoms with Crippen molar-refractivity contribution < 1.29 is 19.0 Å². The molecule has 2 aromatic carbocycles. The van der Waals surface area contributed by atoms with Crippen LogP contribution in [0.15, 0.2) is 48.0 Å². The average molecular weight is 394 g/mol. The third kappa shape index (κ3) is 6.28. The van der Waals surface area contributed by atoms with Crippen LogP contribution in [0.2, 0.25) is 0 Å². The predicted molar refractivity (Wildman–Crippen MR) is 113 cm³/mol. The number of ether oxygens (including phenoxy) is 3. The molecule has 0 atom stereocenters. The molecule has 2 aromatic rings. The third-order valence-electron chi connectivity index (χ3n) is 4.22. The summed E-state index contributed by atoms with van der Waals surface area (Å²) >= 11 is 0. The SMILES string of the molecule is CCCCCOc1ccc(/C=C(/C#N)C(=O)Nc2ccccc2OC)cc1OC. The van der Waals surface area contributed by atoms with Gasteiger partial charge in [-0.1, -0.05) is 38.0 Å². The Labute approximate surface area is 171 Å². The van der Waals surface area contributed by atoms with Gasteiger partial charge in [-0.3, -0.25) is 4.79 Å². The van der Waals surface area contributed by atoms with E-state index in [2.05, 4.69) is 12.2 Å². The molecule has 0 aliphatic heterocycles. The van der Waals surface area contributed by atoms with Crippen LogP contribution in [-0.4, -0.2) is 26.7 Å². The van der Waals surface area contributed by atoms with Gasteiger partial charge in [0.15, 0.2) is 11.5 Å². The highest BCUT2D eigenvalue weighted by atomic mass is 16.5. The lowest BCUT2D eigenvalue weighted by Crippen LogP contribution is -2.14. The van der Waals surface area contributed by atoms with Gasteiger partial charge in [0, 0.05) is 0 Å². The van der Waals surface area contributed by atoms with Crippen molar-refractivity contribution in [3.63, 3.8) is 0 Å². The first-order chi connectivity index (χ1) is 14.1. The number of nitrogens with one attached hydrogen (secondary N) is 1. The van der Waals surface area contributed by atoms with Crippen molar-refractivity contribution in [3.8, 4) is 23.3 Å². The molecule has 6 heteroatoms. The quantitative estimate of drug-likeness (QED) is 0.355. The highest BCUT2D eigenvalue weighted by Crippen LogP contribution is 2.29. The summed E-state index contributed by atoms with van der Waals surface area (Å²) in [6, 6.07) is 14.3. The largest absolute Gasteiger partial charge is 0.495 e. The molecule has 6 nitrogen and oxygen atoms in total. The van der Waals surface area contributed by atoms with E-state index in [4.69, 9.17) is 14.2 Å². The number of anilines is 1. The van der Waals surface area contributed by atoms with Gasteiger partial charge in [0.1, 0.15) is 17.4 Å². The summed E-state index contributed by atoms with van der Waals surface area (Å²) in [5, 5.41) is 12.1. The molecule has 29 heavy (non-hydrogen) atoms. The molecule has 152 valence electrons. The minimum absolute atomic E-state index is 0.0328. The number of carbonyl (C=O) groups excluding carboxylic acids is 1. The van der Waals surface area contributed by atoms with Crippen LogP contribution in [0.3, 0.4) is 0 Å². The van der Waals surface area contributed by atoms with Crippen LogP contribution >= 0.6 is 0 Å². The van der Waals surface area contributed by atoms with Crippen molar-refractivity contribution in [2.45, 2.75) is 26.2 Å². The van der Waals surface area contributed by atoms with E-state index in [0.29, 0.717) is 35.1 Å². The van der Waals surface area contributed by atoms with E-state index in [1.807, 2.05) is 6.07 Å². The maximum atomic E-state index is 12.5. The first kappa shape index (κ1) is 21.8. The second kappa shape index (κ2) is 11.4. The van der Waals surface area contributed by atoms with Crippen molar-refractivity contribution in [2.24, 2.45) is 0 Å². The molecule has 0 unspecified atom stereocenters. The molecule has 0 fully saturated rings. The maximum Gasteiger partial charge on any atom is 0.266 e. The molecule has 0 aliphatic carbocycles. The Morgan fingerprint density at radius 2 is 1.83 bits per heavy atom. The van der Waals surface area contributed by atoms with Crippen molar-refractivity contribution >= 4 is 17.7 Å². The number of rotatable bonds is 10. The summed E-state index contributed by atoms with van der Waals surface area (Å²) < 4.78 is 16.4. The first-order valence-corrected chi connectivity index (χ1v) is 9.50. The minimum atomic E-state index is -0.518. The fourth-order valence-corrected chi connectivity index (χ4v) is 2.68. The number of carbonyl (C=O) groups is 1. The Hall–Kier alpha value is -3.46. The van der Waals surface area contributed by atoms with Crippen LogP contribution < -0.4 is 19.5 Å². The highest BCUT2D eigenvalue weighted by Gasteiger charge is 2.13. The van der Waals surface area contributed by atoms with E-state index in [0.717, 1.165) is 19.3 Å². The molecule has 2 rings (SSSR count).